The van der Waals surface area contributed by atoms with Crippen LogP contribution < -0.4 is 48.3 Å². The summed E-state index contributed by atoms with van der Waals surface area (Å²) < 4.78 is 0. The Labute approximate surface area is 567 Å². The average molecular weight is 1360 g/mol. The van der Waals surface area contributed by atoms with Gasteiger partial charge in [-0.2, -0.15) is 12.6 Å². The quantitative estimate of drug-likeness (QED) is 0.0432. The molecule has 0 spiro atoms. The molecule has 5 rings (SSSR count). The van der Waals surface area contributed by atoms with E-state index in [2.05, 4.69) is 55.2 Å². The molecule has 0 aromatic heterocycles. The topological polar surface area (TPSA) is 411 Å². The third-order valence-corrected chi connectivity index (χ3v) is 18.9. The minimum atomic E-state index is -1.71. The highest BCUT2D eigenvalue weighted by Gasteiger charge is 2.44. The second-order valence-corrected chi connectivity index (χ2v) is 26.6. The first-order valence-electron chi connectivity index (χ1n) is 33.7. The summed E-state index contributed by atoms with van der Waals surface area (Å²) in [6.45, 7) is 7.50. The number of aliphatic hydroxyl groups excluding tert-OH is 1. The van der Waals surface area contributed by atoms with Crippen LogP contribution in [0.3, 0.4) is 0 Å². The molecule has 0 bridgehead atoms. The predicted molar refractivity (Wildman–Crippen MR) is 358 cm³/mol. The number of thiol groups is 1. The van der Waals surface area contributed by atoms with Crippen molar-refractivity contribution in [2.24, 2.45) is 29.4 Å². The van der Waals surface area contributed by atoms with Crippen LogP contribution in [0.25, 0.3) is 0 Å². The van der Waals surface area contributed by atoms with E-state index in [4.69, 9.17) is 5.73 Å². The molecule has 2 aromatic rings. The molecule has 3 fully saturated rings. The third-order valence-electron chi connectivity index (χ3n) is 18.5. The number of primary amides is 1. The van der Waals surface area contributed by atoms with E-state index in [0.717, 1.165) is 71.1 Å². The Morgan fingerprint density at radius 2 is 1.09 bits per heavy atom. The van der Waals surface area contributed by atoms with Gasteiger partial charge in [-0.25, -0.2) is 0 Å². The Morgan fingerprint density at radius 3 is 1.60 bits per heavy atom. The largest absolute Gasteiger partial charge is 0.481 e. The van der Waals surface area contributed by atoms with E-state index in [-0.39, 0.29) is 55.7 Å². The monoisotopic (exact) mass is 1360 g/mol. The maximum absolute atomic E-state index is 15.5. The molecule has 28 heteroatoms. The highest BCUT2D eigenvalue weighted by molar-refractivity contribution is 7.80. The number of nitrogens with two attached hydrogens (primary N) is 1. The number of carbonyl (C=O) groups is 13. The van der Waals surface area contributed by atoms with Gasteiger partial charge in [-0.3, -0.25) is 62.3 Å². The lowest BCUT2D eigenvalue weighted by atomic mass is 9.83. The van der Waals surface area contributed by atoms with Gasteiger partial charge in [0.25, 0.3) is 0 Å². The fraction of sp³-hybridized carbons (Fsp3) is 0.632. The first-order chi connectivity index (χ1) is 45.7. The normalized spacial score (nSPS) is 18.3. The van der Waals surface area contributed by atoms with E-state index in [1.54, 1.807) is 74.5 Å². The molecule has 0 radical (unpaired) electrons. The van der Waals surface area contributed by atoms with Gasteiger partial charge in [-0.1, -0.05) is 159 Å². The second kappa shape index (κ2) is 39.2. The van der Waals surface area contributed by atoms with Gasteiger partial charge in [0.1, 0.15) is 60.4 Å². The van der Waals surface area contributed by atoms with Crippen molar-refractivity contribution in [1.82, 2.24) is 52.3 Å². The van der Waals surface area contributed by atoms with E-state index in [0.29, 0.717) is 24.0 Å². The van der Waals surface area contributed by atoms with Gasteiger partial charge in [0.15, 0.2) is 0 Å². The van der Waals surface area contributed by atoms with Crippen molar-refractivity contribution in [3.8, 4) is 0 Å². The van der Waals surface area contributed by atoms with Crippen LogP contribution in [0, 0.1) is 23.7 Å². The first-order valence-corrected chi connectivity index (χ1v) is 34.3. The third kappa shape index (κ3) is 23.9. The van der Waals surface area contributed by atoms with E-state index in [9.17, 15) is 63.3 Å². The molecule has 1 heterocycles. The SMILES string of the molecule is CC[C@H](C)[C@H](NC(=O)[C@@H](NC(=O)[C@H](CCC(=O)O)NC(=O)[C@H](CC(=O)O)NC(C)=O)C(c1ccccc1)c1ccccc1)C(=O)N(C)[C@@H](CC1CCCCC1)C(=O)N[C@@H](CS)C(=O)N1CCC[C@H]1C(=O)N[C@@H](CC1CCCCC1)C(=O)N[C@@H](CO)C(=O)N[C@@H](CC(C)C)C(N)=O. The molecule has 27 nitrogen and oxygen atoms in total. The zero-order valence-corrected chi connectivity index (χ0v) is 57.0. The van der Waals surface area contributed by atoms with E-state index in [1.807, 2.05) is 13.8 Å². The molecule has 3 aliphatic rings. The van der Waals surface area contributed by atoms with E-state index >= 15 is 14.4 Å². The number of hydrogen-bond acceptors (Lipinski definition) is 15. The molecule has 11 amide bonds. The van der Waals surface area contributed by atoms with Crippen LogP contribution in [0.5, 0.6) is 0 Å². The Balaban J connectivity index is 1.45. The molecule has 0 unspecified atom stereocenters. The van der Waals surface area contributed by atoms with Crippen molar-refractivity contribution in [2.75, 3.05) is 26.0 Å². The summed E-state index contributed by atoms with van der Waals surface area (Å²) >= 11 is 4.52. The standard InChI is InChI=1S/C68H101N11O16S/c1-7-40(4)57(76-66(93)58(56(44-25-16-10-17-26-44)45-27-18-11-19-28-45)77-60(87)46(30-31-54(82)83)71-62(89)49(36-55(84)85)70-41(5)81)68(95)78(6)53(35-43-23-14-9-15-24-43)65(92)75-51(38-96)67(94)79-32-20-29-52(79)64(91)73-48(34-42-21-12-8-13-22-42)61(88)74-50(37-80)63(90)72-47(59(69)86)33-39(2)3/h10-11,16-19,25-28,39-40,42-43,46-53,56-58,80,96H,7-9,12-15,20-24,29-38H2,1-6H3,(H2,69,86)(H,70,81)(H,71,89)(H,72,90)(H,73,91)(H,74,88)(H,75,92)(H,76,93)(H,77,87)(H,82,83)(H,84,85)/t40-,46-,47-,48-,49-,50-,51-,52-,53-,57-,58-/m0/s1. The van der Waals surface area contributed by atoms with E-state index < -0.39 is 175 Å². The van der Waals surface area contributed by atoms with Crippen molar-refractivity contribution in [1.29, 1.82) is 0 Å². The number of amides is 11. The lowest BCUT2D eigenvalue weighted by molar-refractivity contribution is -0.146. The Kier molecular flexibility index (Phi) is 32.1. The lowest BCUT2D eigenvalue weighted by Gasteiger charge is -2.37. The number of likely N-dealkylation sites (tertiary alicyclic amines) is 1. The number of carboxylic acids is 2. The van der Waals surface area contributed by atoms with Crippen molar-refractivity contribution >= 4 is 89.5 Å². The van der Waals surface area contributed by atoms with Crippen LogP contribution in [0.15, 0.2) is 60.7 Å². The molecule has 1 aliphatic heterocycles. The summed E-state index contributed by atoms with van der Waals surface area (Å²) in [6.07, 6.45) is 7.89. The van der Waals surface area contributed by atoms with Gasteiger partial charge < -0.3 is 73.4 Å². The number of nitrogens with one attached hydrogen (secondary N) is 8. The highest BCUT2D eigenvalue weighted by atomic mass is 32.1. The minimum Gasteiger partial charge on any atom is -0.481 e. The summed E-state index contributed by atoms with van der Waals surface area (Å²) in [5.74, 6) is -13.7. The molecular formula is C68H101N11O16S. The predicted octanol–water partition coefficient (Wildman–Crippen LogP) is 2.31. The zero-order valence-electron chi connectivity index (χ0n) is 56.1. The number of aliphatic carboxylic acids is 2. The lowest BCUT2D eigenvalue weighted by Crippen LogP contribution is -2.62. The summed E-state index contributed by atoms with van der Waals surface area (Å²) in [5.41, 5.74) is 6.59. The Morgan fingerprint density at radius 1 is 0.583 bits per heavy atom. The van der Waals surface area contributed by atoms with Gasteiger partial charge in [-0.15, -0.1) is 0 Å². The smallest absolute Gasteiger partial charge is 0.305 e. The maximum Gasteiger partial charge on any atom is 0.305 e. The van der Waals surface area contributed by atoms with Crippen LogP contribution in [-0.2, 0) is 62.3 Å². The van der Waals surface area contributed by atoms with Gasteiger partial charge in [0.05, 0.1) is 13.0 Å². The fourth-order valence-corrected chi connectivity index (χ4v) is 13.3. The number of benzene rings is 2. The van der Waals surface area contributed by atoms with Gasteiger partial charge >= 0.3 is 11.9 Å². The molecule has 1 saturated heterocycles. The molecule has 2 aliphatic carbocycles. The zero-order chi connectivity index (χ0) is 70.8. The maximum atomic E-state index is 15.5. The van der Waals surface area contributed by atoms with Gasteiger partial charge in [-0.05, 0) is 73.3 Å². The average Bonchev–Trinajstić information content (AvgIpc) is 1.14. The van der Waals surface area contributed by atoms with E-state index in [1.165, 1.54) is 16.8 Å². The Bertz CT molecular complexity index is 2930. The summed E-state index contributed by atoms with van der Waals surface area (Å²) in [5, 5.41) is 50.7. The molecule has 13 N–H and O–H groups in total. The van der Waals surface area contributed by atoms with Crippen molar-refractivity contribution < 1.29 is 77.6 Å². The number of rotatable bonds is 37. The van der Waals surface area contributed by atoms with Crippen LogP contribution in [0.4, 0.5) is 0 Å². The molecule has 11 atom stereocenters. The molecule has 96 heavy (non-hydrogen) atoms. The fourth-order valence-electron chi connectivity index (χ4n) is 13.0. The molecule has 2 aromatic carbocycles. The molecule has 530 valence electrons. The van der Waals surface area contributed by atoms with Crippen LogP contribution in [-0.4, -0.2) is 188 Å². The van der Waals surface area contributed by atoms with Crippen molar-refractivity contribution in [3.05, 3.63) is 71.8 Å². The number of carbonyl (C=O) groups excluding carboxylic acids is 11. The molecule has 2 saturated carbocycles. The summed E-state index contributed by atoms with van der Waals surface area (Å²) in [6, 6.07) is 3.33. The van der Waals surface area contributed by atoms with Gasteiger partial charge in [0.2, 0.25) is 65.0 Å². The van der Waals surface area contributed by atoms with Crippen LogP contribution in [0.1, 0.15) is 174 Å². The summed E-state index contributed by atoms with van der Waals surface area (Å²) in [4.78, 5) is 182. The number of hydrogen-bond donors (Lipinski definition) is 13. The first kappa shape index (κ1) is 78.6. The van der Waals surface area contributed by atoms with Crippen molar-refractivity contribution in [3.63, 3.8) is 0 Å². The minimum absolute atomic E-state index is 0.0256. The van der Waals surface area contributed by atoms with Crippen molar-refractivity contribution in [2.45, 2.75) is 223 Å². The van der Waals surface area contributed by atoms with Crippen LogP contribution >= 0.6 is 12.6 Å². The number of nitrogens with zero attached hydrogens (tertiary/aromatic N) is 2. The number of carboxylic acid groups (broad SMARTS) is 2. The van der Waals surface area contributed by atoms with Gasteiger partial charge in [0, 0.05) is 38.6 Å². The number of likely N-dealkylation sites (N-methyl/N-ethyl adjacent to an activating group) is 1. The second-order valence-electron chi connectivity index (χ2n) is 26.3. The highest BCUT2D eigenvalue weighted by Crippen LogP contribution is 2.32. The van der Waals surface area contributed by atoms with Crippen LogP contribution in [0.2, 0.25) is 0 Å². The Hall–Kier alpha value is -8.14. The number of aliphatic hydroxyl groups is 1. The summed E-state index contributed by atoms with van der Waals surface area (Å²) in [7, 11) is 1.43. The molecular weight excluding hydrogens is 1260 g/mol.